The van der Waals surface area contributed by atoms with E-state index in [-0.39, 0.29) is 63.7 Å². The minimum atomic E-state index is -1.57. The molecular formula is C26H27FN5NaO6S. The van der Waals surface area contributed by atoms with Crippen LogP contribution in [0.2, 0.25) is 0 Å². The third-order valence-electron chi connectivity index (χ3n) is 7.72. The van der Waals surface area contributed by atoms with Gasteiger partial charge in [-0.05, 0) is 31.9 Å². The van der Waals surface area contributed by atoms with Gasteiger partial charge in [0.1, 0.15) is 16.8 Å². The smallest absolute Gasteiger partial charge is 0.543 e. The second-order valence-corrected chi connectivity index (χ2v) is 11.5. The molecule has 4 heterocycles. The Morgan fingerprint density at radius 1 is 1.25 bits per heavy atom. The van der Waals surface area contributed by atoms with Crippen molar-refractivity contribution in [2.45, 2.75) is 37.3 Å². The number of carbonyl (C=O) groups is 3. The molecule has 1 aliphatic carbocycles. The number of carboxylic acid groups (broad SMARTS) is 1. The van der Waals surface area contributed by atoms with Crippen LogP contribution < -0.4 is 55.6 Å². The van der Waals surface area contributed by atoms with Crippen molar-refractivity contribution >= 4 is 46.1 Å². The number of benzene rings is 1. The van der Waals surface area contributed by atoms with Crippen molar-refractivity contribution in [1.29, 1.82) is 0 Å². The number of fused-ring (bicyclic) bond motifs is 2. The van der Waals surface area contributed by atoms with Crippen molar-refractivity contribution in [3.05, 3.63) is 50.5 Å². The number of carbonyl (C=O) groups excluding carboxylic acids is 3. The summed E-state index contributed by atoms with van der Waals surface area (Å²) in [6.45, 7) is 3.94. The summed E-state index contributed by atoms with van der Waals surface area (Å²) in [6.07, 6.45) is 2.27. The maximum Gasteiger partial charge on any atom is 1.00 e. The van der Waals surface area contributed by atoms with E-state index in [4.69, 9.17) is 0 Å². The molecule has 1 aromatic heterocycles. The Morgan fingerprint density at radius 2 is 1.95 bits per heavy atom. The molecule has 2 aromatic rings. The van der Waals surface area contributed by atoms with E-state index in [2.05, 4.69) is 10.6 Å². The first-order chi connectivity index (χ1) is 18.7. The monoisotopic (exact) mass is 579 g/mol. The number of hydrogen-bond acceptors (Lipinski definition) is 9. The number of β-lactam (4-membered cyclic amide) rings is 1. The molecule has 0 spiro atoms. The Hall–Kier alpha value is -2.42. The summed E-state index contributed by atoms with van der Waals surface area (Å²) in [7, 11) is 0. The molecule has 4 aliphatic rings. The Morgan fingerprint density at radius 3 is 2.58 bits per heavy atom. The van der Waals surface area contributed by atoms with Gasteiger partial charge in [-0.1, -0.05) is 11.8 Å². The minimum absolute atomic E-state index is 0. The Labute approximate surface area is 255 Å². The fraction of sp³-hybridized carbons (Fsp3) is 0.462. The number of nitrogens with zero attached hydrogens (tertiary/aromatic N) is 3. The van der Waals surface area contributed by atoms with Crippen LogP contribution >= 0.6 is 11.8 Å². The Balaban J connectivity index is 0.00000323. The van der Waals surface area contributed by atoms with Crippen LogP contribution in [0.4, 0.5) is 10.1 Å². The van der Waals surface area contributed by atoms with Gasteiger partial charge < -0.3 is 35.1 Å². The molecule has 3 N–H and O–H groups in total. The molecule has 206 valence electrons. The van der Waals surface area contributed by atoms with Crippen LogP contribution in [0.3, 0.4) is 0 Å². The molecule has 0 unspecified atom stereocenters. The van der Waals surface area contributed by atoms with E-state index in [0.29, 0.717) is 24.3 Å². The molecule has 0 radical (unpaired) electrons. The number of aliphatic carboxylic acids is 1. The van der Waals surface area contributed by atoms with Crippen LogP contribution in [-0.4, -0.2) is 76.6 Å². The Kier molecular flexibility index (Phi) is 8.07. The largest absolute Gasteiger partial charge is 1.00 e. The van der Waals surface area contributed by atoms with Gasteiger partial charge in [0.15, 0.2) is 0 Å². The number of carboxylic acids is 1. The van der Waals surface area contributed by atoms with Crippen molar-refractivity contribution in [3.8, 4) is 0 Å². The van der Waals surface area contributed by atoms with E-state index in [1.165, 1.54) is 19.2 Å². The number of aliphatic hydroxyl groups is 1. The second kappa shape index (κ2) is 11.1. The van der Waals surface area contributed by atoms with E-state index < -0.39 is 46.4 Å². The molecule has 1 saturated carbocycles. The molecule has 11 nitrogen and oxygen atoms in total. The zero-order chi connectivity index (χ0) is 27.6. The molecule has 40 heavy (non-hydrogen) atoms. The number of piperazine rings is 1. The van der Waals surface area contributed by atoms with E-state index in [1.807, 2.05) is 9.47 Å². The van der Waals surface area contributed by atoms with E-state index >= 15 is 4.39 Å². The molecule has 3 fully saturated rings. The molecule has 14 heteroatoms. The summed E-state index contributed by atoms with van der Waals surface area (Å²) in [4.78, 5) is 54.0. The van der Waals surface area contributed by atoms with Crippen molar-refractivity contribution in [1.82, 2.24) is 20.1 Å². The molecule has 2 saturated heterocycles. The van der Waals surface area contributed by atoms with Gasteiger partial charge in [-0.2, -0.15) is 0 Å². The first kappa shape index (κ1) is 29.1. The molecule has 1 aromatic carbocycles. The number of amides is 2. The molecular weight excluding hydrogens is 552 g/mol. The zero-order valence-corrected chi connectivity index (χ0v) is 24.9. The molecule has 2 amide bonds. The third kappa shape index (κ3) is 4.86. The second-order valence-electron chi connectivity index (χ2n) is 10.3. The molecule has 6 rings (SSSR count). The number of halogens is 1. The average molecular weight is 580 g/mol. The van der Waals surface area contributed by atoms with Crippen molar-refractivity contribution in [2.75, 3.05) is 37.6 Å². The summed E-state index contributed by atoms with van der Waals surface area (Å²) in [5, 5.41) is 27.0. The summed E-state index contributed by atoms with van der Waals surface area (Å²) < 4.78 is 17.1. The minimum Gasteiger partial charge on any atom is -0.543 e. The molecule has 3 aliphatic heterocycles. The number of aromatic nitrogens is 1. The predicted octanol–water partition coefficient (Wildman–Crippen LogP) is -3.51. The van der Waals surface area contributed by atoms with Gasteiger partial charge in [0.2, 0.25) is 11.3 Å². The van der Waals surface area contributed by atoms with Crippen LogP contribution in [0.1, 0.15) is 36.2 Å². The van der Waals surface area contributed by atoms with Gasteiger partial charge >= 0.3 is 29.6 Å². The topological polar surface area (TPSA) is 147 Å². The van der Waals surface area contributed by atoms with Gasteiger partial charge in [-0.15, -0.1) is 0 Å². The summed E-state index contributed by atoms with van der Waals surface area (Å²) >= 11 is 1.06. The normalized spacial score (nSPS) is 23.0. The predicted molar refractivity (Wildman–Crippen MR) is 139 cm³/mol. The van der Waals surface area contributed by atoms with Crippen molar-refractivity contribution in [3.63, 3.8) is 0 Å². The number of nitrogens with one attached hydrogen (secondary N) is 2. The summed E-state index contributed by atoms with van der Waals surface area (Å²) in [5.41, 5.74) is -0.155. The Bertz CT molecular complexity index is 1500. The number of anilines is 1. The van der Waals surface area contributed by atoms with Gasteiger partial charge in [-0.3, -0.25) is 19.3 Å². The fourth-order valence-corrected chi connectivity index (χ4v) is 7.09. The van der Waals surface area contributed by atoms with E-state index in [9.17, 15) is 29.4 Å². The van der Waals surface area contributed by atoms with Gasteiger partial charge in [0, 0.05) is 48.7 Å². The number of thioether (sulfide) groups is 1. The maximum atomic E-state index is 15.2. The van der Waals surface area contributed by atoms with Crippen LogP contribution in [-0.2, 0) is 9.59 Å². The summed E-state index contributed by atoms with van der Waals surface area (Å²) in [5.74, 6) is -4.11. The van der Waals surface area contributed by atoms with E-state index in [0.717, 1.165) is 42.6 Å². The number of pyridine rings is 1. The van der Waals surface area contributed by atoms with Crippen LogP contribution in [0.15, 0.2) is 33.7 Å². The van der Waals surface area contributed by atoms with Gasteiger partial charge in [-0.25, -0.2) is 4.39 Å². The number of hydrogen-bond donors (Lipinski definition) is 3. The first-order valence-electron chi connectivity index (χ1n) is 12.9. The van der Waals surface area contributed by atoms with Gasteiger partial charge in [0.05, 0.1) is 41.4 Å². The van der Waals surface area contributed by atoms with Crippen LogP contribution in [0.25, 0.3) is 10.9 Å². The maximum absolute atomic E-state index is 15.2. The van der Waals surface area contributed by atoms with E-state index in [1.54, 1.807) is 6.07 Å². The van der Waals surface area contributed by atoms with Crippen LogP contribution in [0.5, 0.6) is 0 Å². The van der Waals surface area contributed by atoms with Crippen molar-refractivity contribution < 1.29 is 58.5 Å². The van der Waals surface area contributed by atoms with Crippen molar-refractivity contribution in [2.24, 2.45) is 5.92 Å². The SMILES string of the molecule is C[C@@H](O)[C@@H]1C(=O)N2C(C(=O)[O-])=C(CNC(=O)c3cn(C4CC4)c4cc(N5CCNCC5)c(F)cc4c3=O)S[C@H]12.[Na+]. The average Bonchev–Trinajstić information content (AvgIpc) is 3.69. The molecule has 0 bridgehead atoms. The number of rotatable bonds is 7. The standard InChI is InChI=1S/C26H28FN5O6S.Na/c1-12(33)20-24(36)32-21(26(37)38)19(39-25(20)32)10-29-23(35)15-11-31(13-2-3-13)17-9-18(30-6-4-28-5-7-30)16(27)8-14(17)22(15)34;/h8-9,11-13,20,25,28,33H,2-7,10H2,1H3,(H,29,35)(H,37,38);/q;+1/p-1/t12-,20-,25-;/m1./s1. The summed E-state index contributed by atoms with van der Waals surface area (Å²) in [6, 6.07) is 2.97. The molecule has 3 atom stereocenters. The van der Waals surface area contributed by atoms with Gasteiger partial charge in [0.25, 0.3) is 5.91 Å². The van der Waals surface area contributed by atoms with Crippen LogP contribution in [0, 0.1) is 11.7 Å². The first-order valence-corrected chi connectivity index (χ1v) is 13.8. The third-order valence-corrected chi connectivity index (χ3v) is 9.09. The number of aliphatic hydroxyl groups excluding tert-OH is 1. The quantitative estimate of drug-likeness (QED) is 0.225. The fourth-order valence-electron chi connectivity index (χ4n) is 5.55. The zero-order valence-electron chi connectivity index (χ0n) is 22.1.